The zero-order valence-corrected chi connectivity index (χ0v) is 10.1. The maximum atomic E-state index is 13.1. The van der Waals surface area contributed by atoms with E-state index >= 15 is 0 Å². The van der Waals surface area contributed by atoms with E-state index in [1.165, 1.54) is 6.07 Å². The van der Waals surface area contributed by atoms with Gasteiger partial charge in [0.2, 0.25) is 11.8 Å². The Balaban J connectivity index is 1.89. The van der Waals surface area contributed by atoms with Gasteiger partial charge >= 0.3 is 0 Å². The van der Waals surface area contributed by atoms with Gasteiger partial charge in [-0.05, 0) is 30.5 Å². The van der Waals surface area contributed by atoms with E-state index in [2.05, 4.69) is 10.6 Å². The number of benzene rings is 1. The molecule has 1 atom stereocenters. The van der Waals surface area contributed by atoms with Gasteiger partial charge in [0.15, 0.2) is 0 Å². The third kappa shape index (κ3) is 2.85. The molecule has 0 aliphatic carbocycles. The fourth-order valence-corrected chi connectivity index (χ4v) is 1.94. The van der Waals surface area contributed by atoms with E-state index in [4.69, 9.17) is 0 Å². The van der Waals surface area contributed by atoms with Crippen LogP contribution in [0, 0.1) is 12.7 Å². The van der Waals surface area contributed by atoms with Crippen LogP contribution < -0.4 is 10.6 Å². The lowest BCUT2D eigenvalue weighted by molar-refractivity contribution is -0.125. The molecule has 5 heteroatoms. The summed E-state index contributed by atoms with van der Waals surface area (Å²) in [6.45, 7) is 2.02. The Labute approximate surface area is 105 Å². The van der Waals surface area contributed by atoms with Crippen LogP contribution in [0.4, 0.5) is 4.39 Å². The molecular weight excluding hydrogens is 235 g/mol. The molecule has 1 aromatic rings. The van der Waals surface area contributed by atoms with Crippen LogP contribution in [0.3, 0.4) is 0 Å². The van der Waals surface area contributed by atoms with Gasteiger partial charge in [-0.3, -0.25) is 9.59 Å². The fraction of sp³-hybridized carbons (Fsp3) is 0.385. The highest BCUT2D eigenvalue weighted by Gasteiger charge is 2.26. The summed E-state index contributed by atoms with van der Waals surface area (Å²) >= 11 is 0. The largest absolute Gasteiger partial charge is 0.350 e. The van der Waals surface area contributed by atoms with E-state index in [0.29, 0.717) is 24.9 Å². The number of amides is 2. The first-order valence-electron chi connectivity index (χ1n) is 5.88. The maximum Gasteiger partial charge on any atom is 0.242 e. The second-order valence-corrected chi connectivity index (χ2v) is 4.46. The van der Waals surface area contributed by atoms with E-state index < -0.39 is 6.04 Å². The highest BCUT2D eigenvalue weighted by atomic mass is 19.1. The molecule has 18 heavy (non-hydrogen) atoms. The van der Waals surface area contributed by atoms with Gasteiger partial charge in [-0.25, -0.2) is 4.39 Å². The van der Waals surface area contributed by atoms with Crippen LogP contribution >= 0.6 is 0 Å². The van der Waals surface area contributed by atoms with Crippen molar-refractivity contribution in [1.29, 1.82) is 0 Å². The number of nitrogens with one attached hydrogen (secondary N) is 2. The van der Waals surface area contributed by atoms with Gasteiger partial charge in [-0.2, -0.15) is 0 Å². The Morgan fingerprint density at radius 2 is 2.33 bits per heavy atom. The molecule has 0 spiro atoms. The Morgan fingerprint density at radius 3 is 2.94 bits per heavy atom. The first kappa shape index (κ1) is 12.5. The standard InChI is InChI=1S/C13H15FN2O2/c1-8-6-9(2-3-10(8)14)7-15-13(18)11-4-5-12(17)16-11/h2-3,6,11H,4-5,7H2,1H3,(H,15,18)(H,16,17). The number of halogens is 1. The molecule has 1 unspecified atom stereocenters. The molecule has 0 bridgehead atoms. The van der Waals surface area contributed by atoms with E-state index in [0.717, 1.165) is 5.56 Å². The number of rotatable bonds is 3. The van der Waals surface area contributed by atoms with Gasteiger partial charge in [0.05, 0.1) is 0 Å². The second-order valence-electron chi connectivity index (χ2n) is 4.46. The Morgan fingerprint density at radius 1 is 1.56 bits per heavy atom. The summed E-state index contributed by atoms with van der Waals surface area (Å²) in [7, 11) is 0. The fourth-order valence-electron chi connectivity index (χ4n) is 1.94. The molecule has 1 aliphatic rings. The zero-order chi connectivity index (χ0) is 13.1. The van der Waals surface area contributed by atoms with Crippen LogP contribution in [0.1, 0.15) is 24.0 Å². The molecule has 4 nitrogen and oxygen atoms in total. The van der Waals surface area contributed by atoms with Crippen LogP contribution in [-0.4, -0.2) is 17.9 Å². The van der Waals surface area contributed by atoms with E-state index in [9.17, 15) is 14.0 Å². The average molecular weight is 250 g/mol. The summed E-state index contributed by atoms with van der Waals surface area (Å²) in [5.41, 5.74) is 1.39. The van der Waals surface area contributed by atoms with Crippen LogP contribution in [-0.2, 0) is 16.1 Å². The van der Waals surface area contributed by atoms with Gasteiger partial charge in [-0.15, -0.1) is 0 Å². The van der Waals surface area contributed by atoms with Crippen molar-refractivity contribution in [2.45, 2.75) is 32.4 Å². The van der Waals surface area contributed by atoms with Crippen molar-refractivity contribution in [2.75, 3.05) is 0 Å². The smallest absolute Gasteiger partial charge is 0.242 e. The zero-order valence-electron chi connectivity index (χ0n) is 10.1. The average Bonchev–Trinajstić information content (AvgIpc) is 2.77. The molecule has 1 heterocycles. The summed E-state index contributed by atoms with van der Waals surface area (Å²) in [6, 6.07) is 4.28. The summed E-state index contributed by atoms with van der Waals surface area (Å²) in [6.07, 6.45) is 0.931. The predicted octanol–water partition coefficient (Wildman–Crippen LogP) is 1.03. The Bertz CT molecular complexity index is 488. The lowest BCUT2D eigenvalue weighted by Crippen LogP contribution is -2.41. The van der Waals surface area contributed by atoms with Crippen molar-refractivity contribution < 1.29 is 14.0 Å². The lowest BCUT2D eigenvalue weighted by atomic mass is 10.1. The number of carbonyl (C=O) groups is 2. The first-order valence-corrected chi connectivity index (χ1v) is 5.88. The van der Waals surface area contributed by atoms with Crippen LogP contribution in [0.25, 0.3) is 0 Å². The van der Waals surface area contributed by atoms with Gasteiger partial charge < -0.3 is 10.6 Å². The van der Waals surface area contributed by atoms with Crippen LogP contribution in [0.2, 0.25) is 0 Å². The van der Waals surface area contributed by atoms with Crippen molar-refractivity contribution in [3.8, 4) is 0 Å². The van der Waals surface area contributed by atoms with Gasteiger partial charge in [0.1, 0.15) is 11.9 Å². The monoisotopic (exact) mass is 250 g/mol. The second kappa shape index (κ2) is 5.16. The van der Waals surface area contributed by atoms with Gasteiger partial charge in [0.25, 0.3) is 0 Å². The molecule has 2 N–H and O–H groups in total. The lowest BCUT2D eigenvalue weighted by Gasteiger charge is -2.11. The van der Waals surface area contributed by atoms with E-state index in [1.807, 2.05) is 0 Å². The molecule has 1 saturated heterocycles. The summed E-state index contributed by atoms with van der Waals surface area (Å²) in [4.78, 5) is 22.7. The Kier molecular flexibility index (Phi) is 3.60. The molecule has 2 rings (SSSR count). The van der Waals surface area contributed by atoms with Crippen molar-refractivity contribution in [3.05, 3.63) is 35.1 Å². The Hall–Kier alpha value is -1.91. The maximum absolute atomic E-state index is 13.1. The molecule has 1 aliphatic heterocycles. The van der Waals surface area contributed by atoms with E-state index in [-0.39, 0.29) is 17.6 Å². The number of carbonyl (C=O) groups excluding carboxylic acids is 2. The summed E-state index contributed by atoms with van der Waals surface area (Å²) in [5.74, 6) is -0.538. The van der Waals surface area contributed by atoms with Crippen molar-refractivity contribution >= 4 is 11.8 Å². The quantitative estimate of drug-likeness (QED) is 0.841. The van der Waals surface area contributed by atoms with Crippen molar-refractivity contribution in [3.63, 3.8) is 0 Å². The highest BCUT2D eigenvalue weighted by Crippen LogP contribution is 2.10. The summed E-state index contributed by atoms with van der Waals surface area (Å²) < 4.78 is 13.1. The minimum absolute atomic E-state index is 0.0900. The predicted molar refractivity (Wildman–Crippen MR) is 64.1 cm³/mol. The molecule has 1 fully saturated rings. The SMILES string of the molecule is Cc1cc(CNC(=O)C2CCC(=O)N2)ccc1F. The molecule has 0 saturated carbocycles. The molecule has 2 amide bonds. The highest BCUT2D eigenvalue weighted by molar-refractivity contribution is 5.90. The third-order valence-corrected chi connectivity index (χ3v) is 3.00. The van der Waals surface area contributed by atoms with Crippen molar-refractivity contribution in [1.82, 2.24) is 10.6 Å². The topological polar surface area (TPSA) is 58.2 Å². The minimum atomic E-state index is -0.431. The number of hydrogen-bond donors (Lipinski definition) is 2. The van der Waals surface area contributed by atoms with Gasteiger partial charge in [0, 0.05) is 13.0 Å². The molecule has 1 aromatic carbocycles. The summed E-state index contributed by atoms with van der Waals surface area (Å²) in [5, 5.41) is 5.33. The molecular formula is C13H15FN2O2. The minimum Gasteiger partial charge on any atom is -0.350 e. The molecule has 0 radical (unpaired) electrons. The van der Waals surface area contributed by atoms with Crippen LogP contribution in [0.5, 0.6) is 0 Å². The molecule has 96 valence electrons. The number of aryl methyl sites for hydroxylation is 1. The number of hydrogen-bond acceptors (Lipinski definition) is 2. The first-order chi connectivity index (χ1) is 8.56. The van der Waals surface area contributed by atoms with E-state index in [1.54, 1.807) is 19.1 Å². The normalized spacial score (nSPS) is 18.6. The third-order valence-electron chi connectivity index (χ3n) is 3.00. The van der Waals surface area contributed by atoms with Gasteiger partial charge in [-0.1, -0.05) is 12.1 Å². The van der Waals surface area contributed by atoms with Crippen molar-refractivity contribution in [2.24, 2.45) is 0 Å². The van der Waals surface area contributed by atoms with Crippen LogP contribution in [0.15, 0.2) is 18.2 Å². The molecule has 0 aromatic heterocycles.